The first-order valence-electron chi connectivity index (χ1n) is 5.92. The molecule has 0 aromatic carbocycles. The van der Waals surface area contributed by atoms with Gasteiger partial charge in [-0.1, -0.05) is 0 Å². The molecule has 130 valence electrons. The molecule has 1 heterocycles. The van der Waals surface area contributed by atoms with E-state index in [0.717, 1.165) is 6.08 Å². The highest BCUT2D eigenvalue weighted by Crippen LogP contribution is 2.05. The van der Waals surface area contributed by atoms with Gasteiger partial charge in [0.05, 0.1) is 13.2 Å². The second-order valence-corrected chi connectivity index (χ2v) is 5.52. The van der Waals surface area contributed by atoms with Gasteiger partial charge in [0.1, 0.15) is 30.2 Å². The molecule has 0 fully saturated rings. The highest BCUT2D eigenvalue weighted by molar-refractivity contribution is 7.85. The summed E-state index contributed by atoms with van der Waals surface area (Å²) in [5.74, 6) is -0.604. The second kappa shape index (κ2) is 8.99. The number of aliphatic hydroxyl groups is 6. The van der Waals surface area contributed by atoms with E-state index in [1.165, 1.54) is 6.92 Å². The number of rotatable bonds is 5. The Bertz CT molecular complexity index is 476. The number of hydrogen-bond donors (Lipinski definition) is 7. The van der Waals surface area contributed by atoms with Crippen LogP contribution >= 0.6 is 0 Å². The fraction of sp³-hybridized carbons (Fsp3) is 0.700. The molecule has 1 aliphatic heterocycles. The van der Waals surface area contributed by atoms with Crippen molar-refractivity contribution in [3.05, 3.63) is 11.8 Å². The molecule has 4 atom stereocenters. The Kier molecular flexibility index (Phi) is 8.47. The van der Waals surface area contributed by atoms with Crippen molar-refractivity contribution in [1.82, 2.24) is 4.72 Å². The van der Waals surface area contributed by atoms with Crippen LogP contribution in [0, 0.1) is 0 Å². The summed E-state index contributed by atoms with van der Waals surface area (Å²) in [5.41, 5.74) is 0. The van der Waals surface area contributed by atoms with Crippen molar-refractivity contribution in [2.45, 2.75) is 31.3 Å². The van der Waals surface area contributed by atoms with Crippen LogP contribution in [0.25, 0.3) is 0 Å². The van der Waals surface area contributed by atoms with Crippen molar-refractivity contribution >= 4 is 16.2 Å². The topological polar surface area (TPSA) is 194 Å². The Balaban J connectivity index is 0.000000406. The van der Waals surface area contributed by atoms with Gasteiger partial charge in [-0.2, -0.15) is 8.42 Å². The van der Waals surface area contributed by atoms with Crippen LogP contribution in [0.2, 0.25) is 0 Å². The number of allylic oxidation sites excluding steroid dienone is 1. The van der Waals surface area contributed by atoms with Gasteiger partial charge in [0.25, 0.3) is 5.91 Å². The van der Waals surface area contributed by atoms with Gasteiger partial charge in [-0.15, -0.1) is 0 Å². The third-order valence-electron chi connectivity index (χ3n) is 2.31. The Hall–Kier alpha value is -1.28. The largest absolute Gasteiger partial charge is 0.409 e. The number of hydrogen-bond acceptors (Lipinski definition) is 10. The van der Waals surface area contributed by atoms with Gasteiger partial charge in [0.2, 0.25) is 0 Å². The Morgan fingerprint density at radius 2 is 1.50 bits per heavy atom. The lowest BCUT2D eigenvalue weighted by molar-refractivity contribution is -0.123. The third kappa shape index (κ3) is 7.13. The van der Waals surface area contributed by atoms with Gasteiger partial charge in [0, 0.05) is 6.08 Å². The van der Waals surface area contributed by atoms with Crippen molar-refractivity contribution in [2.75, 3.05) is 13.2 Å². The van der Waals surface area contributed by atoms with Crippen molar-refractivity contribution in [1.29, 1.82) is 0 Å². The lowest BCUT2D eigenvalue weighted by Crippen LogP contribution is -2.46. The molecular weight excluding hydrogens is 326 g/mol. The van der Waals surface area contributed by atoms with Crippen LogP contribution in [-0.2, 0) is 19.3 Å². The van der Waals surface area contributed by atoms with Gasteiger partial charge >= 0.3 is 10.3 Å². The Morgan fingerprint density at radius 3 is 1.77 bits per heavy atom. The molecule has 0 spiro atoms. The minimum Gasteiger partial charge on any atom is -0.394 e. The van der Waals surface area contributed by atoms with Crippen LogP contribution in [0.5, 0.6) is 0 Å². The number of amides is 1. The maximum atomic E-state index is 10.5. The van der Waals surface area contributed by atoms with E-state index in [4.69, 9.17) is 30.6 Å². The van der Waals surface area contributed by atoms with Crippen molar-refractivity contribution in [3.8, 4) is 0 Å². The summed E-state index contributed by atoms with van der Waals surface area (Å²) in [6.45, 7) is -0.0664. The van der Waals surface area contributed by atoms with E-state index in [0.29, 0.717) is 0 Å². The zero-order chi connectivity index (χ0) is 17.5. The molecule has 12 heteroatoms. The summed E-state index contributed by atoms with van der Waals surface area (Å²) >= 11 is 0. The molecule has 0 bridgehead atoms. The molecular formula is C10H19NO10S. The first kappa shape index (κ1) is 20.7. The van der Waals surface area contributed by atoms with E-state index in [1.54, 1.807) is 4.72 Å². The first-order valence-corrected chi connectivity index (χ1v) is 7.33. The molecule has 1 amide bonds. The van der Waals surface area contributed by atoms with E-state index >= 15 is 0 Å². The maximum Gasteiger partial charge on any atom is 0.409 e. The predicted molar refractivity (Wildman–Crippen MR) is 70.1 cm³/mol. The summed E-state index contributed by atoms with van der Waals surface area (Å²) in [7, 11) is -3.85. The lowest BCUT2D eigenvalue weighted by Gasteiger charge is -2.24. The van der Waals surface area contributed by atoms with Crippen molar-refractivity contribution < 1.29 is 48.0 Å². The average molecular weight is 345 g/mol. The monoisotopic (exact) mass is 345 g/mol. The fourth-order valence-corrected chi connectivity index (χ4v) is 1.97. The molecule has 1 aliphatic rings. The van der Waals surface area contributed by atoms with E-state index in [2.05, 4.69) is 4.18 Å². The SMILES string of the molecule is CC1=CC(=O)NS(=O)(=O)O1.OC[C@@H](O)[C@@H](O)[C@H](O)[C@@H](O)CO. The van der Waals surface area contributed by atoms with E-state index in [1.807, 2.05) is 0 Å². The molecule has 11 nitrogen and oxygen atoms in total. The highest BCUT2D eigenvalue weighted by Gasteiger charge is 2.29. The maximum absolute atomic E-state index is 10.5. The lowest BCUT2D eigenvalue weighted by atomic mass is 10.0. The molecule has 0 aliphatic carbocycles. The van der Waals surface area contributed by atoms with Crippen LogP contribution in [0.4, 0.5) is 0 Å². The Labute approximate surface area is 126 Å². The molecule has 0 radical (unpaired) electrons. The summed E-state index contributed by atoms with van der Waals surface area (Å²) in [4.78, 5) is 10.4. The molecule has 0 unspecified atom stereocenters. The van der Waals surface area contributed by atoms with Crippen LogP contribution < -0.4 is 4.72 Å². The highest BCUT2D eigenvalue weighted by atomic mass is 32.2. The zero-order valence-electron chi connectivity index (χ0n) is 11.5. The van der Waals surface area contributed by atoms with Crippen LogP contribution in [-0.4, -0.2) is 82.6 Å². The van der Waals surface area contributed by atoms with Crippen LogP contribution in [0.15, 0.2) is 11.8 Å². The Morgan fingerprint density at radius 1 is 1.09 bits per heavy atom. The van der Waals surface area contributed by atoms with E-state index < -0.39 is 53.8 Å². The normalized spacial score (nSPS) is 22.0. The average Bonchev–Trinajstić information content (AvgIpc) is 2.41. The standard InChI is InChI=1S/C6H14O6.C4H5NO4S/c7-1-3(9)5(11)6(12)4(10)2-8;1-3-2-4(6)5-10(7,8)9-3/h3-12H,1-2H2;2H,1H3,(H,5,6)/t3-,4+,5-,6-;/m1./s1. The third-order valence-corrected chi connectivity index (χ3v) is 3.25. The minimum absolute atomic E-state index is 0.0729. The number of aliphatic hydroxyl groups excluding tert-OH is 6. The van der Waals surface area contributed by atoms with Crippen LogP contribution in [0.1, 0.15) is 6.92 Å². The van der Waals surface area contributed by atoms with Gasteiger partial charge in [-0.3, -0.25) is 4.79 Å². The first-order chi connectivity index (χ1) is 10.0. The van der Waals surface area contributed by atoms with Crippen LogP contribution in [0.3, 0.4) is 0 Å². The van der Waals surface area contributed by atoms with Gasteiger partial charge in [-0.25, -0.2) is 4.72 Å². The summed E-state index contributed by atoms with van der Waals surface area (Å²) in [6, 6.07) is 0. The molecule has 0 aromatic heterocycles. The quantitative estimate of drug-likeness (QED) is 0.256. The minimum atomic E-state index is -3.85. The summed E-state index contributed by atoms with van der Waals surface area (Å²) < 4.78 is 26.8. The van der Waals surface area contributed by atoms with E-state index in [-0.39, 0.29) is 5.76 Å². The molecule has 0 saturated carbocycles. The fourth-order valence-electron chi connectivity index (χ4n) is 1.23. The van der Waals surface area contributed by atoms with Gasteiger partial charge in [0.15, 0.2) is 0 Å². The molecule has 7 N–H and O–H groups in total. The van der Waals surface area contributed by atoms with Gasteiger partial charge < -0.3 is 34.8 Å². The van der Waals surface area contributed by atoms with Crippen molar-refractivity contribution in [2.24, 2.45) is 0 Å². The smallest absolute Gasteiger partial charge is 0.394 e. The summed E-state index contributed by atoms with van der Waals surface area (Å²) in [5, 5.41) is 52.2. The van der Waals surface area contributed by atoms with Gasteiger partial charge in [-0.05, 0) is 6.92 Å². The molecule has 1 rings (SSSR count). The molecule has 22 heavy (non-hydrogen) atoms. The van der Waals surface area contributed by atoms with Crippen molar-refractivity contribution in [3.63, 3.8) is 0 Å². The molecule has 0 aromatic rings. The van der Waals surface area contributed by atoms with E-state index in [9.17, 15) is 13.2 Å². The molecule has 0 saturated heterocycles. The number of carbonyl (C=O) groups excluding carboxylic acids is 1. The second-order valence-electron chi connectivity index (χ2n) is 4.24. The summed E-state index contributed by atoms with van der Waals surface area (Å²) in [6.07, 6.45) is -5.34. The number of carbonyl (C=O) groups is 1. The predicted octanol–water partition coefficient (Wildman–Crippen LogP) is -4.30. The number of nitrogens with one attached hydrogen (secondary N) is 1. The zero-order valence-corrected chi connectivity index (χ0v) is 12.3.